The van der Waals surface area contributed by atoms with Crippen molar-refractivity contribution in [1.29, 1.82) is 0 Å². The van der Waals surface area contributed by atoms with E-state index in [2.05, 4.69) is 10.2 Å². The largest absolute Gasteiger partial charge is 0.379 e. The predicted octanol–water partition coefficient (Wildman–Crippen LogP) is 3.28. The van der Waals surface area contributed by atoms with Crippen molar-refractivity contribution in [1.82, 2.24) is 10.2 Å². The van der Waals surface area contributed by atoms with Crippen LogP contribution in [0, 0.1) is 5.82 Å². The topological polar surface area (TPSA) is 41.6 Å². The molecule has 1 fully saturated rings. The molecule has 6 heteroatoms. The van der Waals surface area contributed by atoms with Crippen LogP contribution in [0.1, 0.15) is 22.0 Å². The van der Waals surface area contributed by atoms with E-state index in [0.29, 0.717) is 30.3 Å². The predicted molar refractivity (Wildman–Crippen MR) is 95.3 cm³/mol. The van der Waals surface area contributed by atoms with E-state index in [4.69, 9.17) is 16.3 Å². The lowest BCUT2D eigenvalue weighted by molar-refractivity contribution is 0.0162. The quantitative estimate of drug-likeness (QED) is 0.887. The van der Waals surface area contributed by atoms with Crippen LogP contribution in [0.15, 0.2) is 48.5 Å². The van der Waals surface area contributed by atoms with Crippen LogP contribution >= 0.6 is 11.6 Å². The van der Waals surface area contributed by atoms with Gasteiger partial charge in [-0.3, -0.25) is 9.69 Å². The summed E-state index contributed by atoms with van der Waals surface area (Å²) in [6.07, 6.45) is 0. The molecule has 0 unspecified atom stereocenters. The number of ether oxygens (including phenoxy) is 1. The van der Waals surface area contributed by atoms with E-state index in [9.17, 15) is 9.18 Å². The molecule has 0 aromatic heterocycles. The lowest BCUT2D eigenvalue weighted by atomic mass is 10.0. The van der Waals surface area contributed by atoms with Crippen molar-refractivity contribution in [2.75, 3.05) is 32.8 Å². The van der Waals surface area contributed by atoms with Gasteiger partial charge < -0.3 is 10.1 Å². The lowest BCUT2D eigenvalue weighted by Gasteiger charge is -2.35. The number of rotatable bonds is 5. The van der Waals surface area contributed by atoms with Gasteiger partial charge in [0.25, 0.3) is 5.91 Å². The van der Waals surface area contributed by atoms with Crippen molar-refractivity contribution >= 4 is 17.5 Å². The number of hydrogen-bond acceptors (Lipinski definition) is 3. The van der Waals surface area contributed by atoms with E-state index in [0.717, 1.165) is 18.7 Å². The molecule has 3 rings (SSSR count). The van der Waals surface area contributed by atoms with Gasteiger partial charge in [0.2, 0.25) is 0 Å². The fourth-order valence-electron chi connectivity index (χ4n) is 2.99. The summed E-state index contributed by atoms with van der Waals surface area (Å²) in [5.74, 6) is -0.520. The second kappa shape index (κ2) is 8.43. The van der Waals surface area contributed by atoms with Crippen LogP contribution in [0.2, 0.25) is 5.02 Å². The molecule has 132 valence electrons. The third-order valence-corrected chi connectivity index (χ3v) is 4.62. The zero-order valence-corrected chi connectivity index (χ0v) is 14.5. The molecule has 1 aliphatic heterocycles. The van der Waals surface area contributed by atoms with Gasteiger partial charge in [0.05, 0.1) is 29.8 Å². The molecule has 1 aliphatic rings. The van der Waals surface area contributed by atoms with Gasteiger partial charge in [0.15, 0.2) is 0 Å². The maximum absolute atomic E-state index is 13.7. The van der Waals surface area contributed by atoms with Gasteiger partial charge in [0, 0.05) is 19.6 Å². The molecule has 0 aliphatic carbocycles. The number of halogens is 2. The number of carbonyl (C=O) groups is 1. The zero-order chi connectivity index (χ0) is 17.6. The van der Waals surface area contributed by atoms with E-state index in [1.165, 1.54) is 12.1 Å². The molecule has 25 heavy (non-hydrogen) atoms. The fraction of sp³-hybridized carbons (Fsp3) is 0.316. The van der Waals surface area contributed by atoms with Crippen molar-refractivity contribution in [2.24, 2.45) is 0 Å². The molecule has 0 radical (unpaired) electrons. The molecular weight excluding hydrogens is 343 g/mol. The fourth-order valence-corrected chi connectivity index (χ4v) is 3.21. The summed E-state index contributed by atoms with van der Waals surface area (Å²) in [7, 11) is 0. The van der Waals surface area contributed by atoms with E-state index < -0.39 is 0 Å². The standard InChI is InChI=1S/C19H20ClFN2O2/c20-17-7-2-1-6-16(17)19(24)22-13-18(23-8-10-25-11-9-23)14-4-3-5-15(21)12-14/h1-7,12,18H,8-11,13H2,(H,22,24)/t18-/m1/s1. The Hall–Kier alpha value is -1.95. The summed E-state index contributed by atoms with van der Waals surface area (Å²) < 4.78 is 19.1. The van der Waals surface area contributed by atoms with Gasteiger partial charge in [-0.05, 0) is 29.8 Å². The van der Waals surface area contributed by atoms with Crippen LogP contribution in [0.25, 0.3) is 0 Å². The minimum Gasteiger partial charge on any atom is -0.379 e. The molecule has 1 heterocycles. The van der Waals surface area contributed by atoms with Crippen LogP contribution in [0.5, 0.6) is 0 Å². The van der Waals surface area contributed by atoms with Crippen molar-refractivity contribution < 1.29 is 13.9 Å². The first-order valence-electron chi connectivity index (χ1n) is 8.25. The third-order valence-electron chi connectivity index (χ3n) is 4.29. The number of morpholine rings is 1. The van der Waals surface area contributed by atoms with Gasteiger partial charge in [-0.1, -0.05) is 35.9 Å². The molecule has 1 saturated heterocycles. The number of amides is 1. The van der Waals surface area contributed by atoms with Crippen molar-refractivity contribution in [3.63, 3.8) is 0 Å². The van der Waals surface area contributed by atoms with Crippen molar-refractivity contribution in [2.45, 2.75) is 6.04 Å². The molecule has 1 amide bonds. The maximum Gasteiger partial charge on any atom is 0.252 e. The number of carbonyl (C=O) groups excluding carboxylic acids is 1. The second-order valence-electron chi connectivity index (χ2n) is 5.91. The van der Waals surface area contributed by atoms with Crippen LogP contribution < -0.4 is 5.32 Å². The lowest BCUT2D eigenvalue weighted by Crippen LogP contribution is -2.43. The summed E-state index contributed by atoms with van der Waals surface area (Å²) in [6, 6.07) is 13.3. The molecule has 0 saturated carbocycles. The molecule has 0 bridgehead atoms. The van der Waals surface area contributed by atoms with Crippen LogP contribution in [-0.4, -0.2) is 43.7 Å². The Balaban J connectivity index is 1.75. The monoisotopic (exact) mass is 362 g/mol. The van der Waals surface area contributed by atoms with Gasteiger partial charge in [-0.2, -0.15) is 0 Å². The summed E-state index contributed by atoms with van der Waals surface area (Å²) in [6.45, 7) is 3.11. The van der Waals surface area contributed by atoms with E-state index in [-0.39, 0.29) is 17.8 Å². The third kappa shape index (κ3) is 4.57. The van der Waals surface area contributed by atoms with Crippen LogP contribution in [0.3, 0.4) is 0 Å². The SMILES string of the molecule is O=C(NC[C@H](c1cccc(F)c1)N1CCOCC1)c1ccccc1Cl. The summed E-state index contributed by atoms with van der Waals surface area (Å²) in [4.78, 5) is 14.6. The minimum atomic E-state index is -0.284. The number of hydrogen-bond donors (Lipinski definition) is 1. The van der Waals surface area contributed by atoms with E-state index in [1.54, 1.807) is 30.3 Å². The molecule has 2 aromatic rings. The highest BCUT2D eigenvalue weighted by Gasteiger charge is 2.24. The maximum atomic E-state index is 13.7. The van der Waals surface area contributed by atoms with Gasteiger partial charge >= 0.3 is 0 Å². The average Bonchev–Trinajstić information content (AvgIpc) is 2.63. The number of nitrogens with one attached hydrogen (secondary N) is 1. The first-order chi connectivity index (χ1) is 12.1. The van der Waals surface area contributed by atoms with Gasteiger partial charge in [-0.25, -0.2) is 4.39 Å². The van der Waals surface area contributed by atoms with Crippen molar-refractivity contribution in [3.8, 4) is 0 Å². The summed E-state index contributed by atoms with van der Waals surface area (Å²) in [5.41, 5.74) is 1.27. The summed E-state index contributed by atoms with van der Waals surface area (Å²) >= 11 is 6.08. The Bertz CT molecular complexity index is 735. The number of nitrogens with zero attached hydrogens (tertiary/aromatic N) is 1. The Morgan fingerprint density at radius 1 is 1.20 bits per heavy atom. The molecule has 1 N–H and O–H groups in total. The Morgan fingerprint density at radius 2 is 1.96 bits per heavy atom. The Kier molecular flexibility index (Phi) is 6.02. The van der Waals surface area contributed by atoms with Crippen LogP contribution in [0.4, 0.5) is 4.39 Å². The van der Waals surface area contributed by atoms with Crippen LogP contribution in [-0.2, 0) is 4.74 Å². The molecule has 0 spiro atoms. The average molecular weight is 363 g/mol. The Labute approximate surface area is 151 Å². The van der Waals surface area contributed by atoms with E-state index in [1.807, 2.05) is 6.07 Å². The highest BCUT2D eigenvalue weighted by Crippen LogP contribution is 2.22. The van der Waals surface area contributed by atoms with E-state index >= 15 is 0 Å². The van der Waals surface area contributed by atoms with Gasteiger partial charge in [-0.15, -0.1) is 0 Å². The van der Waals surface area contributed by atoms with Crippen molar-refractivity contribution in [3.05, 3.63) is 70.5 Å². The second-order valence-corrected chi connectivity index (χ2v) is 6.32. The summed E-state index contributed by atoms with van der Waals surface area (Å²) in [5, 5.41) is 3.34. The highest BCUT2D eigenvalue weighted by atomic mass is 35.5. The normalized spacial score (nSPS) is 16.4. The first kappa shape index (κ1) is 17.9. The Morgan fingerprint density at radius 3 is 2.68 bits per heavy atom. The molecular formula is C19H20ClFN2O2. The number of benzene rings is 2. The van der Waals surface area contributed by atoms with Gasteiger partial charge in [0.1, 0.15) is 5.82 Å². The zero-order valence-electron chi connectivity index (χ0n) is 13.8. The molecule has 1 atom stereocenters. The highest BCUT2D eigenvalue weighted by molar-refractivity contribution is 6.33. The molecule has 2 aromatic carbocycles. The smallest absolute Gasteiger partial charge is 0.252 e. The molecule has 4 nitrogen and oxygen atoms in total. The minimum absolute atomic E-state index is 0.119. The first-order valence-corrected chi connectivity index (χ1v) is 8.63.